The summed E-state index contributed by atoms with van der Waals surface area (Å²) in [5.74, 6) is -0.307. The van der Waals surface area contributed by atoms with E-state index in [2.05, 4.69) is 13.0 Å². The molecule has 0 N–H and O–H groups in total. The number of unbranched alkanes of at least 4 members (excludes halogenated alkanes) is 2. The predicted octanol–water partition coefficient (Wildman–Crippen LogP) is 5.18. The van der Waals surface area contributed by atoms with Gasteiger partial charge in [-0.2, -0.15) is 0 Å². The van der Waals surface area contributed by atoms with Gasteiger partial charge in [0.25, 0.3) is 0 Å². The SMILES string of the molecule is CCCCCC(=O)N(CC(=O)N1CCc2sccc2[C@@H]1c1ccc(F)cc1)C(C)C. The molecule has 30 heavy (non-hydrogen) atoms. The maximum atomic E-state index is 13.5. The van der Waals surface area contributed by atoms with Crippen LogP contribution in [0.2, 0.25) is 0 Å². The van der Waals surface area contributed by atoms with Crippen LogP contribution < -0.4 is 0 Å². The van der Waals surface area contributed by atoms with Crippen LogP contribution in [0.3, 0.4) is 0 Å². The number of benzene rings is 1. The molecule has 1 atom stereocenters. The molecule has 0 radical (unpaired) electrons. The molecule has 0 unspecified atom stereocenters. The minimum Gasteiger partial charge on any atom is -0.331 e. The normalized spacial score (nSPS) is 15.9. The highest BCUT2D eigenvalue weighted by atomic mass is 32.1. The summed E-state index contributed by atoms with van der Waals surface area (Å²) >= 11 is 1.70. The third-order valence-corrected chi connectivity index (χ3v) is 6.71. The highest BCUT2D eigenvalue weighted by molar-refractivity contribution is 7.10. The molecular weight excluding hydrogens is 399 g/mol. The molecule has 2 amide bonds. The van der Waals surface area contributed by atoms with Crippen LogP contribution in [0.1, 0.15) is 68.5 Å². The van der Waals surface area contributed by atoms with Gasteiger partial charge in [0.1, 0.15) is 12.4 Å². The third-order valence-electron chi connectivity index (χ3n) is 5.72. The fraction of sp³-hybridized carbons (Fsp3) is 0.500. The average Bonchev–Trinajstić information content (AvgIpc) is 3.20. The smallest absolute Gasteiger partial charge is 0.243 e. The number of hydrogen-bond donors (Lipinski definition) is 0. The number of carbonyl (C=O) groups is 2. The molecule has 6 heteroatoms. The maximum absolute atomic E-state index is 13.5. The van der Waals surface area contributed by atoms with Crippen molar-refractivity contribution in [3.8, 4) is 0 Å². The Hall–Kier alpha value is -2.21. The summed E-state index contributed by atoms with van der Waals surface area (Å²) in [4.78, 5) is 31.0. The van der Waals surface area contributed by atoms with Gasteiger partial charge in [-0.3, -0.25) is 9.59 Å². The topological polar surface area (TPSA) is 40.6 Å². The van der Waals surface area contributed by atoms with E-state index in [9.17, 15) is 14.0 Å². The molecule has 3 rings (SSSR count). The summed E-state index contributed by atoms with van der Waals surface area (Å²) < 4.78 is 13.5. The van der Waals surface area contributed by atoms with E-state index in [1.165, 1.54) is 17.0 Å². The molecule has 162 valence electrons. The van der Waals surface area contributed by atoms with E-state index in [1.54, 1.807) is 28.4 Å². The number of nitrogens with zero attached hydrogens (tertiary/aromatic N) is 2. The maximum Gasteiger partial charge on any atom is 0.243 e. The number of halogens is 1. The van der Waals surface area contributed by atoms with Gasteiger partial charge in [0.05, 0.1) is 6.04 Å². The van der Waals surface area contributed by atoms with Crippen molar-refractivity contribution in [2.75, 3.05) is 13.1 Å². The quantitative estimate of drug-likeness (QED) is 0.542. The van der Waals surface area contributed by atoms with Crippen LogP contribution in [-0.2, 0) is 16.0 Å². The fourth-order valence-corrected chi connectivity index (χ4v) is 4.96. The second-order valence-electron chi connectivity index (χ2n) is 8.16. The first-order chi connectivity index (χ1) is 14.4. The molecule has 0 fully saturated rings. The molecule has 0 aliphatic carbocycles. The summed E-state index contributed by atoms with van der Waals surface area (Å²) in [5, 5.41) is 2.05. The summed E-state index contributed by atoms with van der Waals surface area (Å²) in [6, 6.07) is 8.17. The zero-order chi connectivity index (χ0) is 21.7. The van der Waals surface area contributed by atoms with Crippen molar-refractivity contribution in [2.24, 2.45) is 0 Å². The lowest BCUT2D eigenvalue weighted by atomic mass is 9.93. The lowest BCUT2D eigenvalue weighted by Crippen LogP contribution is -2.48. The highest BCUT2D eigenvalue weighted by Crippen LogP contribution is 2.38. The van der Waals surface area contributed by atoms with Crippen LogP contribution in [0.5, 0.6) is 0 Å². The van der Waals surface area contributed by atoms with Crippen molar-refractivity contribution in [2.45, 2.75) is 65.0 Å². The van der Waals surface area contributed by atoms with Crippen LogP contribution in [0.25, 0.3) is 0 Å². The number of hydrogen-bond acceptors (Lipinski definition) is 3. The predicted molar refractivity (Wildman–Crippen MR) is 119 cm³/mol. The Labute approximate surface area is 182 Å². The molecule has 2 aromatic rings. The van der Waals surface area contributed by atoms with Gasteiger partial charge in [0.15, 0.2) is 0 Å². The van der Waals surface area contributed by atoms with Crippen LogP contribution in [0.15, 0.2) is 35.7 Å². The highest BCUT2D eigenvalue weighted by Gasteiger charge is 2.34. The minimum atomic E-state index is -0.290. The Balaban J connectivity index is 1.82. The summed E-state index contributed by atoms with van der Waals surface area (Å²) in [6.45, 7) is 6.70. The van der Waals surface area contributed by atoms with Crippen LogP contribution in [-0.4, -0.2) is 40.7 Å². The molecule has 0 bridgehead atoms. The number of fused-ring (bicyclic) bond motifs is 1. The molecule has 1 aromatic heterocycles. The van der Waals surface area contributed by atoms with Crippen molar-refractivity contribution >= 4 is 23.2 Å². The third kappa shape index (κ3) is 5.09. The van der Waals surface area contributed by atoms with E-state index >= 15 is 0 Å². The van der Waals surface area contributed by atoms with Crippen molar-refractivity contribution in [1.29, 1.82) is 0 Å². The lowest BCUT2D eigenvalue weighted by molar-refractivity contribution is -0.143. The Kier molecular flexibility index (Phi) is 7.64. The molecule has 0 saturated carbocycles. The zero-order valence-corrected chi connectivity index (χ0v) is 18.9. The van der Waals surface area contributed by atoms with Crippen LogP contribution in [0, 0.1) is 5.82 Å². The Morgan fingerprint density at radius 2 is 1.93 bits per heavy atom. The fourth-order valence-electron chi connectivity index (χ4n) is 4.05. The summed E-state index contributed by atoms with van der Waals surface area (Å²) in [6.07, 6.45) is 4.22. The summed E-state index contributed by atoms with van der Waals surface area (Å²) in [5.41, 5.74) is 2.01. The van der Waals surface area contributed by atoms with E-state index in [1.807, 2.05) is 24.1 Å². The Bertz CT molecular complexity index is 862. The first kappa shape index (κ1) is 22.5. The van der Waals surface area contributed by atoms with Gasteiger partial charge in [0, 0.05) is 23.9 Å². The molecule has 0 spiro atoms. The Morgan fingerprint density at radius 3 is 2.60 bits per heavy atom. The van der Waals surface area contributed by atoms with E-state index in [0.29, 0.717) is 13.0 Å². The molecule has 1 aliphatic rings. The van der Waals surface area contributed by atoms with E-state index < -0.39 is 0 Å². The first-order valence-electron chi connectivity index (χ1n) is 10.8. The van der Waals surface area contributed by atoms with Gasteiger partial charge in [-0.25, -0.2) is 4.39 Å². The van der Waals surface area contributed by atoms with E-state index in [4.69, 9.17) is 0 Å². The number of amides is 2. The van der Waals surface area contributed by atoms with Gasteiger partial charge in [-0.1, -0.05) is 31.9 Å². The summed E-state index contributed by atoms with van der Waals surface area (Å²) in [7, 11) is 0. The zero-order valence-electron chi connectivity index (χ0n) is 18.1. The minimum absolute atomic E-state index is 0.0335. The lowest BCUT2D eigenvalue weighted by Gasteiger charge is -2.38. The van der Waals surface area contributed by atoms with Crippen LogP contribution >= 0.6 is 11.3 Å². The second-order valence-corrected chi connectivity index (χ2v) is 9.16. The van der Waals surface area contributed by atoms with E-state index in [0.717, 1.165) is 36.8 Å². The monoisotopic (exact) mass is 430 g/mol. The van der Waals surface area contributed by atoms with Gasteiger partial charge >= 0.3 is 0 Å². The largest absolute Gasteiger partial charge is 0.331 e. The molecule has 4 nitrogen and oxygen atoms in total. The van der Waals surface area contributed by atoms with Gasteiger partial charge in [-0.15, -0.1) is 11.3 Å². The Morgan fingerprint density at radius 1 is 1.20 bits per heavy atom. The molecule has 1 aromatic carbocycles. The number of thiophene rings is 1. The van der Waals surface area contributed by atoms with E-state index in [-0.39, 0.29) is 36.3 Å². The number of carbonyl (C=O) groups excluding carboxylic acids is 2. The van der Waals surface area contributed by atoms with Crippen molar-refractivity contribution in [3.63, 3.8) is 0 Å². The van der Waals surface area contributed by atoms with Crippen molar-refractivity contribution < 1.29 is 14.0 Å². The molecular formula is C24H31FN2O2S. The standard InChI is InChI=1S/C24H31FN2O2S/c1-4-5-6-7-22(28)27(17(2)3)16-23(29)26-14-12-21-20(13-15-30-21)24(26)18-8-10-19(25)11-9-18/h8-11,13,15,17,24H,4-7,12,14,16H2,1-3H3/t24-/m0/s1. The number of rotatable bonds is 8. The van der Waals surface area contributed by atoms with Gasteiger partial charge in [-0.05, 0) is 61.4 Å². The van der Waals surface area contributed by atoms with Gasteiger partial charge in [0.2, 0.25) is 11.8 Å². The second kappa shape index (κ2) is 10.2. The first-order valence-corrected chi connectivity index (χ1v) is 11.7. The van der Waals surface area contributed by atoms with Crippen LogP contribution in [0.4, 0.5) is 4.39 Å². The molecule has 2 heterocycles. The van der Waals surface area contributed by atoms with Gasteiger partial charge < -0.3 is 9.80 Å². The van der Waals surface area contributed by atoms with Crippen molar-refractivity contribution in [1.82, 2.24) is 9.80 Å². The molecule has 0 saturated heterocycles. The van der Waals surface area contributed by atoms with Crippen molar-refractivity contribution in [3.05, 3.63) is 57.5 Å². The average molecular weight is 431 g/mol. The molecule has 1 aliphatic heterocycles.